The second-order valence-electron chi connectivity index (χ2n) is 10.6. The lowest BCUT2D eigenvalue weighted by Crippen LogP contribution is -2.56. The third-order valence-corrected chi connectivity index (χ3v) is 7.75. The van der Waals surface area contributed by atoms with E-state index in [1.165, 1.54) is 0 Å². The van der Waals surface area contributed by atoms with Crippen LogP contribution in [0, 0.1) is 20.8 Å². The van der Waals surface area contributed by atoms with E-state index >= 15 is 0 Å². The molecule has 220 valence electrons. The zero-order valence-corrected chi connectivity index (χ0v) is 24.5. The van der Waals surface area contributed by atoms with Crippen LogP contribution in [0.2, 0.25) is 0 Å². The van der Waals surface area contributed by atoms with Gasteiger partial charge in [0.05, 0.1) is 32.0 Å². The summed E-state index contributed by atoms with van der Waals surface area (Å²) < 4.78 is 17.6. The normalized spacial score (nSPS) is 21.2. The number of rotatable bonds is 8. The minimum atomic E-state index is -0.297. The molecule has 5 rings (SSSR count). The Morgan fingerprint density at radius 3 is 2.63 bits per heavy atom. The zero-order chi connectivity index (χ0) is 29.1. The molecule has 2 atom stereocenters. The predicted octanol–water partition coefficient (Wildman–Crippen LogP) is 3.29. The zero-order valence-electron chi connectivity index (χ0n) is 24.5. The summed E-state index contributed by atoms with van der Waals surface area (Å²) in [5.74, 6) is 2.44. The second kappa shape index (κ2) is 12.4. The monoisotopic (exact) mass is 564 g/mol. The number of carbonyl (C=O) groups is 2. The summed E-state index contributed by atoms with van der Waals surface area (Å²) in [4.78, 5) is 35.4. The molecule has 2 fully saturated rings. The van der Waals surface area contributed by atoms with Gasteiger partial charge in [-0.2, -0.15) is 0 Å². The first-order valence-electron chi connectivity index (χ1n) is 14.3. The Labute approximate surface area is 241 Å². The van der Waals surface area contributed by atoms with Crippen molar-refractivity contribution < 1.29 is 23.8 Å². The third kappa shape index (κ3) is 5.96. The van der Waals surface area contributed by atoms with E-state index in [0.717, 1.165) is 40.9 Å². The van der Waals surface area contributed by atoms with Gasteiger partial charge in [0.25, 0.3) is 0 Å². The Bertz CT molecular complexity index is 1320. The number of hydrogen-bond donors (Lipinski definition) is 3. The fourth-order valence-corrected chi connectivity index (χ4v) is 5.85. The van der Waals surface area contributed by atoms with Crippen molar-refractivity contribution in [1.82, 2.24) is 26.0 Å². The van der Waals surface area contributed by atoms with E-state index < -0.39 is 0 Å². The topological polar surface area (TPSA) is 117 Å². The molecule has 0 aromatic heterocycles. The lowest BCUT2D eigenvalue weighted by atomic mass is 9.97. The Balaban J connectivity index is 1.50. The smallest absolute Gasteiger partial charge is 0.326 e. The van der Waals surface area contributed by atoms with Crippen LogP contribution < -0.4 is 30.4 Å². The molecule has 0 radical (unpaired) electrons. The molecule has 11 nitrogen and oxygen atoms in total. The number of aryl methyl sites for hydroxylation is 3. The number of fused-ring (bicyclic) bond motifs is 3. The van der Waals surface area contributed by atoms with Crippen molar-refractivity contribution in [2.75, 3.05) is 46.5 Å². The van der Waals surface area contributed by atoms with Crippen molar-refractivity contribution >= 4 is 23.5 Å². The summed E-state index contributed by atoms with van der Waals surface area (Å²) in [6.07, 6.45) is 1.20. The number of aliphatic imine (C=N–C) groups is 1. The van der Waals surface area contributed by atoms with Gasteiger partial charge in [0.1, 0.15) is 24.2 Å². The Kier molecular flexibility index (Phi) is 8.65. The van der Waals surface area contributed by atoms with Crippen molar-refractivity contribution in [3.63, 3.8) is 0 Å². The summed E-state index contributed by atoms with van der Waals surface area (Å²) in [6.45, 7) is 10.7. The molecule has 2 unspecified atom stereocenters. The fourth-order valence-electron chi connectivity index (χ4n) is 5.85. The molecule has 41 heavy (non-hydrogen) atoms. The molecule has 3 N–H and O–H groups in total. The summed E-state index contributed by atoms with van der Waals surface area (Å²) in [5, 5.41) is 2.98. The highest BCUT2D eigenvalue weighted by Crippen LogP contribution is 2.44. The molecular formula is C30H40N6O5. The van der Waals surface area contributed by atoms with E-state index in [9.17, 15) is 9.59 Å². The van der Waals surface area contributed by atoms with Crippen LogP contribution in [0.25, 0.3) is 0 Å². The maximum absolute atomic E-state index is 14.1. The van der Waals surface area contributed by atoms with Gasteiger partial charge in [0, 0.05) is 37.7 Å². The molecular weight excluding hydrogens is 524 g/mol. The lowest BCUT2D eigenvalue weighted by Gasteiger charge is -2.41. The van der Waals surface area contributed by atoms with E-state index in [1.54, 1.807) is 12.0 Å². The number of amides is 3. The number of urea groups is 1. The molecule has 2 saturated heterocycles. The molecule has 0 spiro atoms. The number of nitrogens with one attached hydrogen (secondary N) is 3. The number of methoxy groups -OCH3 is 1. The quantitative estimate of drug-likeness (QED) is 0.451. The highest BCUT2D eigenvalue weighted by Gasteiger charge is 2.41. The average Bonchev–Trinajstić information content (AvgIpc) is 3.42. The molecule has 2 aromatic rings. The van der Waals surface area contributed by atoms with Gasteiger partial charge in [0.15, 0.2) is 11.5 Å². The number of carbonyl (C=O) groups excluding carboxylic acids is 2. The number of ether oxygens (including phenoxy) is 3. The number of benzene rings is 2. The molecule has 0 saturated carbocycles. The molecule has 3 amide bonds. The van der Waals surface area contributed by atoms with Gasteiger partial charge in [-0.15, -0.1) is 0 Å². The summed E-state index contributed by atoms with van der Waals surface area (Å²) in [7, 11) is 1.61. The molecule has 2 aromatic carbocycles. The SMILES string of the molecule is CCOc1cc2c(cc1OC)C1CC(=Nc3c(C)cc(C)cc3C)N(CCNC(=O)C3CCNN3)C(=O)N1CCO2. The highest BCUT2D eigenvalue weighted by molar-refractivity contribution is 6.02. The van der Waals surface area contributed by atoms with Crippen LogP contribution in [-0.2, 0) is 4.79 Å². The van der Waals surface area contributed by atoms with E-state index in [2.05, 4.69) is 35.2 Å². The van der Waals surface area contributed by atoms with E-state index in [-0.39, 0.29) is 24.0 Å². The maximum atomic E-state index is 14.1. The Hall–Kier alpha value is -3.83. The van der Waals surface area contributed by atoms with Gasteiger partial charge in [0.2, 0.25) is 5.91 Å². The molecule has 0 bridgehead atoms. The molecule has 11 heteroatoms. The van der Waals surface area contributed by atoms with Crippen LogP contribution >= 0.6 is 0 Å². The maximum Gasteiger partial charge on any atom is 0.326 e. The Morgan fingerprint density at radius 1 is 1.17 bits per heavy atom. The van der Waals surface area contributed by atoms with E-state index in [0.29, 0.717) is 62.4 Å². The lowest BCUT2D eigenvalue weighted by molar-refractivity contribution is -0.122. The van der Waals surface area contributed by atoms with Crippen LogP contribution in [-0.4, -0.2) is 80.1 Å². The number of nitrogens with zero attached hydrogens (tertiary/aromatic N) is 3. The molecule has 3 heterocycles. The average molecular weight is 565 g/mol. The highest BCUT2D eigenvalue weighted by atomic mass is 16.5. The van der Waals surface area contributed by atoms with Gasteiger partial charge in [-0.1, -0.05) is 17.7 Å². The number of hydrogen-bond acceptors (Lipinski definition) is 8. The van der Waals surface area contributed by atoms with Gasteiger partial charge < -0.3 is 24.4 Å². The third-order valence-electron chi connectivity index (χ3n) is 7.75. The summed E-state index contributed by atoms with van der Waals surface area (Å²) >= 11 is 0. The molecule has 3 aliphatic heterocycles. The van der Waals surface area contributed by atoms with Crippen LogP contribution in [0.15, 0.2) is 29.3 Å². The van der Waals surface area contributed by atoms with Gasteiger partial charge in [-0.25, -0.2) is 15.2 Å². The standard InChI is InChI=1S/C30H40N6O5/c1-6-40-26-17-24-21(15-25(26)39-5)23-16-27(33-28-19(3)13-18(2)14-20(28)4)36(30(38)35(23)11-12-41-24)10-9-31-29(37)22-7-8-32-34-22/h13-15,17,22-23,32,34H,6-12,16H2,1-5H3,(H,31,37). The Morgan fingerprint density at radius 2 is 1.95 bits per heavy atom. The molecule has 0 aliphatic carbocycles. The van der Waals surface area contributed by atoms with Crippen molar-refractivity contribution in [3.8, 4) is 17.2 Å². The van der Waals surface area contributed by atoms with Gasteiger partial charge >= 0.3 is 6.03 Å². The van der Waals surface area contributed by atoms with E-state index in [4.69, 9.17) is 19.2 Å². The fraction of sp³-hybridized carbons (Fsp3) is 0.500. The van der Waals surface area contributed by atoms with Crippen molar-refractivity contribution in [2.24, 2.45) is 4.99 Å². The molecule has 3 aliphatic rings. The van der Waals surface area contributed by atoms with Crippen LogP contribution in [0.5, 0.6) is 17.2 Å². The largest absolute Gasteiger partial charge is 0.493 e. The first-order valence-corrected chi connectivity index (χ1v) is 14.3. The first-order chi connectivity index (χ1) is 19.8. The van der Waals surface area contributed by atoms with Crippen molar-refractivity contribution in [3.05, 3.63) is 46.5 Å². The first kappa shape index (κ1) is 28.7. The minimum absolute atomic E-state index is 0.0876. The van der Waals surface area contributed by atoms with E-state index in [1.807, 2.05) is 37.8 Å². The van der Waals surface area contributed by atoms with Crippen LogP contribution in [0.3, 0.4) is 0 Å². The van der Waals surface area contributed by atoms with Crippen LogP contribution in [0.1, 0.15) is 48.1 Å². The van der Waals surface area contributed by atoms with Crippen molar-refractivity contribution in [1.29, 1.82) is 0 Å². The number of hydrazine groups is 1. The number of amidine groups is 1. The minimum Gasteiger partial charge on any atom is -0.493 e. The second-order valence-corrected chi connectivity index (χ2v) is 10.6. The predicted molar refractivity (Wildman–Crippen MR) is 156 cm³/mol. The van der Waals surface area contributed by atoms with Crippen LogP contribution in [0.4, 0.5) is 10.5 Å². The van der Waals surface area contributed by atoms with Gasteiger partial charge in [-0.3, -0.25) is 15.1 Å². The van der Waals surface area contributed by atoms with Gasteiger partial charge in [-0.05, 0) is 51.3 Å². The summed E-state index contributed by atoms with van der Waals surface area (Å²) in [6, 6.07) is 7.23. The summed E-state index contributed by atoms with van der Waals surface area (Å²) in [5.41, 5.74) is 10.9. The van der Waals surface area contributed by atoms with Crippen molar-refractivity contribution in [2.45, 2.75) is 52.6 Å².